The van der Waals surface area contributed by atoms with E-state index >= 15 is 0 Å². The molecule has 0 amide bonds. The van der Waals surface area contributed by atoms with Crippen molar-refractivity contribution in [1.29, 1.82) is 0 Å². The van der Waals surface area contributed by atoms with E-state index in [0.29, 0.717) is 17.4 Å². The fourth-order valence-electron chi connectivity index (χ4n) is 2.07. The minimum atomic E-state index is -3.53. The van der Waals surface area contributed by atoms with E-state index in [4.69, 9.17) is 5.11 Å². The van der Waals surface area contributed by atoms with Crippen molar-refractivity contribution < 1.29 is 13.5 Å². The second-order valence-corrected chi connectivity index (χ2v) is 7.42. The molecule has 2 rings (SSSR count). The van der Waals surface area contributed by atoms with Crippen LogP contribution in [0.2, 0.25) is 0 Å². The van der Waals surface area contributed by atoms with Crippen molar-refractivity contribution in [3.63, 3.8) is 0 Å². The lowest BCUT2D eigenvalue weighted by Crippen LogP contribution is -2.44. The van der Waals surface area contributed by atoms with Crippen LogP contribution in [0.1, 0.15) is 25.7 Å². The third-order valence-electron chi connectivity index (χ3n) is 3.30. The molecule has 1 saturated carbocycles. The molecule has 0 unspecified atom stereocenters. The Kier molecular flexibility index (Phi) is 4.94. The second kappa shape index (κ2) is 6.30. The van der Waals surface area contributed by atoms with Gasteiger partial charge in [0.15, 0.2) is 0 Å². The smallest absolute Gasteiger partial charge is 0.244 e. The fourth-order valence-corrected chi connectivity index (χ4v) is 4.30. The SMILES string of the molecule is O=S(=O)(c1cncc(Br)c1)N(CCCO)C1CCC1. The van der Waals surface area contributed by atoms with Gasteiger partial charge in [0.05, 0.1) is 0 Å². The summed E-state index contributed by atoms with van der Waals surface area (Å²) in [7, 11) is -3.53. The Bertz CT molecular complexity index is 532. The first-order valence-corrected chi connectivity index (χ1v) is 8.52. The van der Waals surface area contributed by atoms with Gasteiger partial charge < -0.3 is 5.11 Å². The number of nitrogens with zero attached hydrogens (tertiary/aromatic N) is 2. The van der Waals surface area contributed by atoms with Crippen molar-refractivity contribution in [2.24, 2.45) is 0 Å². The van der Waals surface area contributed by atoms with Crippen LogP contribution in [0.3, 0.4) is 0 Å². The molecule has 1 fully saturated rings. The zero-order valence-electron chi connectivity index (χ0n) is 10.5. The molecular weight excluding hydrogens is 332 g/mol. The van der Waals surface area contributed by atoms with Crippen molar-refractivity contribution in [3.05, 3.63) is 22.9 Å². The minimum Gasteiger partial charge on any atom is -0.396 e. The van der Waals surface area contributed by atoms with Gasteiger partial charge in [-0.25, -0.2) is 8.42 Å². The summed E-state index contributed by atoms with van der Waals surface area (Å²) in [4.78, 5) is 4.11. The van der Waals surface area contributed by atoms with Gasteiger partial charge in [-0.05, 0) is 41.3 Å². The number of pyridine rings is 1. The molecule has 106 valence electrons. The molecule has 19 heavy (non-hydrogen) atoms. The van der Waals surface area contributed by atoms with Crippen molar-refractivity contribution in [2.75, 3.05) is 13.2 Å². The summed E-state index contributed by atoms with van der Waals surface area (Å²) in [6.45, 7) is 0.353. The number of halogens is 1. The van der Waals surface area contributed by atoms with Crippen LogP contribution in [-0.4, -0.2) is 42.0 Å². The molecule has 1 aliphatic carbocycles. The fraction of sp³-hybridized carbons (Fsp3) is 0.583. The molecule has 1 aromatic rings. The summed E-state index contributed by atoms with van der Waals surface area (Å²) in [5.41, 5.74) is 0. The molecular formula is C12H17BrN2O3S. The van der Waals surface area contributed by atoms with Gasteiger partial charge in [-0.2, -0.15) is 4.31 Å². The van der Waals surface area contributed by atoms with Gasteiger partial charge in [-0.15, -0.1) is 0 Å². The van der Waals surface area contributed by atoms with E-state index in [1.807, 2.05) is 0 Å². The third kappa shape index (κ3) is 3.34. The van der Waals surface area contributed by atoms with Gasteiger partial charge >= 0.3 is 0 Å². The van der Waals surface area contributed by atoms with E-state index in [-0.39, 0.29) is 17.5 Å². The molecule has 5 nitrogen and oxygen atoms in total. The lowest BCUT2D eigenvalue weighted by atomic mass is 9.93. The number of aliphatic hydroxyl groups is 1. The Hall–Kier alpha value is -0.500. The number of hydrogen-bond donors (Lipinski definition) is 1. The highest BCUT2D eigenvalue weighted by Crippen LogP contribution is 2.30. The Morgan fingerprint density at radius 1 is 1.42 bits per heavy atom. The molecule has 7 heteroatoms. The van der Waals surface area contributed by atoms with Crippen molar-refractivity contribution in [3.8, 4) is 0 Å². The van der Waals surface area contributed by atoms with Crippen LogP contribution < -0.4 is 0 Å². The summed E-state index contributed by atoms with van der Waals surface area (Å²) >= 11 is 3.24. The number of rotatable bonds is 6. The van der Waals surface area contributed by atoms with E-state index in [2.05, 4.69) is 20.9 Å². The third-order valence-corrected chi connectivity index (χ3v) is 5.66. The highest BCUT2D eigenvalue weighted by Gasteiger charge is 2.34. The highest BCUT2D eigenvalue weighted by atomic mass is 79.9. The van der Waals surface area contributed by atoms with Crippen molar-refractivity contribution >= 4 is 26.0 Å². The lowest BCUT2D eigenvalue weighted by Gasteiger charge is -2.36. The predicted octanol–water partition coefficient (Wildman–Crippen LogP) is 1.77. The van der Waals surface area contributed by atoms with Gasteiger partial charge in [0.1, 0.15) is 4.90 Å². The number of aromatic nitrogens is 1. The first-order valence-electron chi connectivity index (χ1n) is 6.29. The Morgan fingerprint density at radius 2 is 2.16 bits per heavy atom. The Morgan fingerprint density at radius 3 is 2.68 bits per heavy atom. The Balaban J connectivity index is 2.27. The first-order chi connectivity index (χ1) is 9.05. The van der Waals surface area contributed by atoms with E-state index in [9.17, 15) is 8.42 Å². The summed E-state index contributed by atoms with van der Waals surface area (Å²) in [6.07, 6.45) is 6.23. The van der Waals surface area contributed by atoms with Gasteiger partial charge in [0.25, 0.3) is 0 Å². The molecule has 0 saturated heterocycles. The topological polar surface area (TPSA) is 70.5 Å². The summed E-state index contributed by atoms with van der Waals surface area (Å²) in [5, 5.41) is 8.93. The monoisotopic (exact) mass is 348 g/mol. The molecule has 0 aliphatic heterocycles. The standard InChI is InChI=1S/C12H17BrN2O3S/c13-10-7-12(9-14-8-10)19(17,18)15(5-2-6-16)11-3-1-4-11/h7-9,11,16H,1-6H2. The molecule has 0 radical (unpaired) electrons. The van der Waals surface area contributed by atoms with E-state index in [0.717, 1.165) is 19.3 Å². The van der Waals surface area contributed by atoms with Gasteiger partial charge in [0.2, 0.25) is 10.0 Å². The summed E-state index contributed by atoms with van der Waals surface area (Å²) in [6, 6.07) is 1.63. The van der Waals surface area contributed by atoms with Crippen LogP contribution in [0.25, 0.3) is 0 Å². The molecule has 0 bridgehead atoms. The van der Waals surface area contributed by atoms with Crippen LogP contribution in [0.15, 0.2) is 27.8 Å². The number of aliphatic hydroxyl groups excluding tert-OH is 1. The van der Waals surface area contributed by atoms with E-state index < -0.39 is 10.0 Å². The quantitative estimate of drug-likeness (QED) is 0.850. The van der Waals surface area contributed by atoms with E-state index in [1.54, 1.807) is 12.3 Å². The zero-order chi connectivity index (χ0) is 13.9. The molecule has 1 N–H and O–H groups in total. The van der Waals surface area contributed by atoms with Gasteiger partial charge in [-0.3, -0.25) is 4.98 Å². The largest absolute Gasteiger partial charge is 0.396 e. The maximum Gasteiger partial charge on any atom is 0.244 e. The number of hydrogen-bond acceptors (Lipinski definition) is 4. The van der Waals surface area contributed by atoms with Crippen LogP contribution in [-0.2, 0) is 10.0 Å². The molecule has 0 atom stereocenters. The number of sulfonamides is 1. The maximum atomic E-state index is 12.6. The highest BCUT2D eigenvalue weighted by molar-refractivity contribution is 9.10. The van der Waals surface area contributed by atoms with Crippen LogP contribution in [0.4, 0.5) is 0 Å². The van der Waals surface area contributed by atoms with Gasteiger partial charge in [0, 0.05) is 36.1 Å². The predicted molar refractivity (Wildman–Crippen MR) is 75.2 cm³/mol. The summed E-state index contributed by atoms with van der Waals surface area (Å²) in [5.74, 6) is 0. The summed E-state index contributed by atoms with van der Waals surface area (Å²) < 4.78 is 27.4. The average Bonchev–Trinajstić information content (AvgIpc) is 2.31. The van der Waals surface area contributed by atoms with Crippen LogP contribution in [0, 0.1) is 0 Å². The minimum absolute atomic E-state index is 0.00449. The zero-order valence-corrected chi connectivity index (χ0v) is 12.9. The molecule has 1 aromatic heterocycles. The lowest BCUT2D eigenvalue weighted by molar-refractivity contribution is 0.198. The Labute approximate surface area is 121 Å². The molecule has 1 aliphatic rings. The first kappa shape index (κ1) is 14.9. The average molecular weight is 349 g/mol. The normalized spacial score (nSPS) is 16.6. The van der Waals surface area contributed by atoms with Crippen molar-refractivity contribution in [2.45, 2.75) is 36.6 Å². The van der Waals surface area contributed by atoms with Gasteiger partial charge in [-0.1, -0.05) is 6.42 Å². The molecule has 0 aromatic carbocycles. The second-order valence-electron chi connectivity index (χ2n) is 4.62. The van der Waals surface area contributed by atoms with Crippen molar-refractivity contribution in [1.82, 2.24) is 9.29 Å². The van der Waals surface area contributed by atoms with Crippen LogP contribution >= 0.6 is 15.9 Å². The van der Waals surface area contributed by atoms with Crippen LogP contribution in [0.5, 0.6) is 0 Å². The van der Waals surface area contributed by atoms with E-state index in [1.165, 1.54) is 10.5 Å². The maximum absolute atomic E-state index is 12.6. The molecule has 1 heterocycles. The molecule has 0 spiro atoms.